The molecule has 164 valence electrons. The Hall–Kier alpha value is -3.39. The molecule has 1 aliphatic rings. The van der Waals surface area contributed by atoms with E-state index in [2.05, 4.69) is 10.2 Å². The van der Waals surface area contributed by atoms with E-state index in [9.17, 15) is 9.59 Å². The number of hydrogen-bond donors (Lipinski definition) is 1. The molecule has 1 saturated heterocycles. The zero-order valence-electron chi connectivity index (χ0n) is 17.8. The van der Waals surface area contributed by atoms with E-state index >= 15 is 0 Å². The molecule has 5 rings (SSSR count). The first-order valence-electron chi connectivity index (χ1n) is 10.7. The third-order valence-corrected chi connectivity index (χ3v) is 6.74. The third kappa shape index (κ3) is 3.93. The van der Waals surface area contributed by atoms with Gasteiger partial charge in [-0.05, 0) is 55.5 Å². The SMILES string of the molecule is Cc1ccc(-n2c(N3CCC[C@H](C(=O)NCc4ccco4)C3)nc3ccsc3c2=O)cc1. The summed E-state index contributed by atoms with van der Waals surface area (Å²) in [4.78, 5) is 33.2. The van der Waals surface area contributed by atoms with Gasteiger partial charge in [-0.25, -0.2) is 9.55 Å². The number of furan rings is 1. The smallest absolute Gasteiger partial charge is 0.277 e. The Morgan fingerprint density at radius 2 is 2.09 bits per heavy atom. The van der Waals surface area contributed by atoms with Crippen LogP contribution in [0.1, 0.15) is 24.2 Å². The minimum atomic E-state index is -0.180. The standard InChI is InChI=1S/C24H24N4O3S/c1-16-6-8-18(9-7-16)28-23(30)21-20(10-13-32-21)26-24(28)27-11-2-4-17(15-27)22(29)25-14-19-5-3-12-31-19/h3,5-10,12-13,17H,2,4,11,14-15H2,1H3,(H,25,29)/t17-/m0/s1. The highest BCUT2D eigenvalue weighted by molar-refractivity contribution is 7.17. The van der Waals surface area contributed by atoms with E-state index in [1.54, 1.807) is 16.9 Å². The van der Waals surface area contributed by atoms with Gasteiger partial charge in [0.2, 0.25) is 11.9 Å². The monoisotopic (exact) mass is 448 g/mol. The molecule has 32 heavy (non-hydrogen) atoms. The summed E-state index contributed by atoms with van der Waals surface area (Å²) in [6, 6.07) is 13.4. The Labute approximate surface area is 189 Å². The first kappa shape index (κ1) is 20.5. The van der Waals surface area contributed by atoms with E-state index in [-0.39, 0.29) is 17.4 Å². The lowest BCUT2D eigenvalue weighted by Crippen LogP contribution is -2.45. The summed E-state index contributed by atoms with van der Waals surface area (Å²) in [6.07, 6.45) is 3.25. The first-order chi connectivity index (χ1) is 15.6. The largest absolute Gasteiger partial charge is 0.467 e. The van der Waals surface area contributed by atoms with Crippen LogP contribution in [0.2, 0.25) is 0 Å². The number of amides is 1. The number of rotatable bonds is 5. The first-order valence-corrected chi connectivity index (χ1v) is 11.6. The molecular formula is C24H24N4O3S. The predicted molar refractivity (Wildman–Crippen MR) is 125 cm³/mol. The Morgan fingerprint density at radius 1 is 1.25 bits per heavy atom. The molecule has 0 bridgehead atoms. The fourth-order valence-electron chi connectivity index (χ4n) is 4.14. The molecule has 3 aromatic heterocycles. The molecule has 0 radical (unpaired) electrons. The van der Waals surface area contributed by atoms with Crippen LogP contribution in [-0.4, -0.2) is 28.5 Å². The molecule has 8 heteroatoms. The number of anilines is 1. The minimum absolute atomic E-state index is 0.00746. The number of hydrogen-bond acceptors (Lipinski definition) is 6. The molecule has 1 fully saturated rings. The van der Waals surface area contributed by atoms with Gasteiger partial charge in [-0.15, -0.1) is 11.3 Å². The molecule has 0 saturated carbocycles. The van der Waals surface area contributed by atoms with Crippen molar-refractivity contribution in [1.82, 2.24) is 14.9 Å². The Balaban J connectivity index is 1.46. The fraction of sp³-hybridized carbons (Fsp3) is 0.292. The molecule has 1 atom stereocenters. The lowest BCUT2D eigenvalue weighted by atomic mass is 9.97. The predicted octanol–water partition coefficient (Wildman–Crippen LogP) is 3.88. The normalized spacial score (nSPS) is 16.4. The zero-order valence-corrected chi connectivity index (χ0v) is 18.6. The molecule has 1 N–H and O–H groups in total. The van der Waals surface area contributed by atoms with Crippen molar-refractivity contribution in [3.8, 4) is 5.69 Å². The summed E-state index contributed by atoms with van der Waals surface area (Å²) in [5.74, 6) is 1.13. The van der Waals surface area contributed by atoms with E-state index in [1.165, 1.54) is 11.3 Å². The highest BCUT2D eigenvalue weighted by Gasteiger charge is 2.29. The third-order valence-electron chi connectivity index (χ3n) is 5.85. The maximum atomic E-state index is 13.4. The van der Waals surface area contributed by atoms with Crippen LogP contribution in [-0.2, 0) is 11.3 Å². The molecule has 1 aromatic carbocycles. The second kappa shape index (κ2) is 8.63. The molecular weight excluding hydrogens is 424 g/mol. The second-order valence-electron chi connectivity index (χ2n) is 8.11. The van der Waals surface area contributed by atoms with E-state index < -0.39 is 0 Å². The fourth-order valence-corrected chi connectivity index (χ4v) is 4.90. The zero-order chi connectivity index (χ0) is 22.1. The van der Waals surface area contributed by atoms with Gasteiger partial charge in [0.1, 0.15) is 10.5 Å². The van der Waals surface area contributed by atoms with Crippen molar-refractivity contribution >= 4 is 33.4 Å². The van der Waals surface area contributed by atoms with Gasteiger partial charge in [-0.1, -0.05) is 17.7 Å². The molecule has 1 amide bonds. The number of benzene rings is 1. The number of aromatic nitrogens is 2. The van der Waals surface area contributed by atoms with Crippen LogP contribution in [0.3, 0.4) is 0 Å². The average molecular weight is 449 g/mol. The molecule has 4 heterocycles. The molecule has 0 unspecified atom stereocenters. The van der Waals surface area contributed by atoms with Crippen LogP contribution in [0.25, 0.3) is 15.9 Å². The number of thiophene rings is 1. The number of nitrogens with zero attached hydrogens (tertiary/aromatic N) is 3. The van der Waals surface area contributed by atoms with Gasteiger partial charge in [-0.3, -0.25) is 9.59 Å². The van der Waals surface area contributed by atoms with Gasteiger partial charge in [-0.2, -0.15) is 0 Å². The highest BCUT2D eigenvalue weighted by Crippen LogP contribution is 2.26. The maximum Gasteiger partial charge on any atom is 0.277 e. The van der Waals surface area contributed by atoms with Gasteiger partial charge in [0.05, 0.1) is 29.9 Å². The number of carbonyl (C=O) groups excluding carboxylic acids is 1. The van der Waals surface area contributed by atoms with Gasteiger partial charge in [0.15, 0.2) is 0 Å². The molecule has 7 nitrogen and oxygen atoms in total. The van der Waals surface area contributed by atoms with Gasteiger partial charge in [0, 0.05) is 13.1 Å². The summed E-state index contributed by atoms with van der Waals surface area (Å²) < 4.78 is 7.63. The van der Waals surface area contributed by atoms with Crippen LogP contribution in [0, 0.1) is 12.8 Å². The van der Waals surface area contributed by atoms with Crippen molar-refractivity contribution in [1.29, 1.82) is 0 Å². The minimum Gasteiger partial charge on any atom is -0.467 e. The van der Waals surface area contributed by atoms with E-state index in [1.807, 2.05) is 48.7 Å². The summed E-state index contributed by atoms with van der Waals surface area (Å²) in [5.41, 5.74) is 2.53. The molecule has 1 aliphatic heterocycles. The van der Waals surface area contributed by atoms with Crippen molar-refractivity contribution in [2.24, 2.45) is 5.92 Å². The topological polar surface area (TPSA) is 80.4 Å². The summed E-state index contributed by atoms with van der Waals surface area (Å²) in [6.45, 7) is 3.65. The summed E-state index contributed by atoms with van der Waals surface area (Å²) in [7, 11) is 0. The second-order valence-corrected chi connectivity index (χ2v) is 9.02. The van der Waals surface area contributed by atoms with Gasteiger partial charge in [0.25, 0.3) is 5.56 Å². The molecule has 4 aromatic rings. The molecule has 0 aliphatic carbocycles. The summed E-state index contributed by atoms with van der Waals surface area (Å²) in [5, 5.41) is 4.86. The van der Waals surface area contributed by atoms with Crippen molar-refractivity contribution < 1.29 is 9.21 Å². The van der Waals surface area contributed by atoms with Gasteiger partial charge < -0.3 is 14.6 Å². The van der Waals surface area contributed by atoms with Crippen LogP contribution < -0.4 is 15.8 Å². The van der Waals surface area contributed by atoms with Crippen LogP contribution >= 0.6 is 11.3 Å². The summed E-state index contributed by atoms with van der Waals surface area (Å²) >= 11 is 1.40. The number of aryl methyl sites for hydroxylation is 1. The molecule has 0 spiro atoms. The van der Waals surface area contributed by atoms with E-state index in [0.29, 0.717) is 29.3 Å². The quantitative estimate of drug-likeness (QED) is 0.501. The Bertz CT molecular complexity index is 1290. The maximum absolute atomic E-state index is 13.4. The lowest BCUT2D eigenvalue weighted by molar-refractivity contribution is -0.125. The van der Waals surface area contributed by atoms with Crippen molar-refractivity contribution in [3.05, 3.63) is 75.8 Å². The van der Waals surface area contributed by atoms with Crippen LogP contribution in [0.15, 0.2) is 63.3 Å². The number of fused-ring (bicyclic) bond motifs is 1. The highest BCUT2D eigenvalue weighted by atomic mass is 32.1. The van der Waals surface area contributed by atoms with Crippen molar-refractivity contribution in [2.75, 3.05) is 18.0 Å². The van der Waals surface area contributed by atoms with Crippen molar-refractivity contribution in [2.45, 2.75) is 26.3 Å². The number of carbonyl (C=O) groups is 1. The Kier molecular flexibility index (Phi) is 5.53. The van der Waals surface area contributed by atoms with Crippen LogP contribution in [0.4, 0.5) is 5.95 Å². The Morgan fingerprint density at radius 3 is 2.88 bits per heavy atom. The van der Waals surface area contributed by atoms with Gasteiger partial charge >= 0.3 is 0 Å². The van der Waals surface area contributed by atoms with E-state index in [0.717, 1.165) is 36.4 Å². The van der Waals surface area contributed by atoms with Crippen molar-refractivity contribution in [3.63, 3.8) is 0 Å². The number of nitrogens with one attached hydrogen (secondary N) is 1. The lowest BCUT2D eigenvalue weighted by Gasteiger charge is -2.34. The number of piperidine rings is 1. The van der Waals surface area contributed by atoms with E-state index in [4.69, 9.17) is 9.40 Å². The van der Waals surface area contributed by atoms with Crippen LogP contribution in [0.5, 0.6) is 0 Å². The average Bonchev–Trinajstić information content (AvgIpc) is 3.50.